The van der Waals surface area contributed by atoms with Crippen molar-refractivity contribution in [1.82, 2.24) is 20.4 Å². The van der Waals surface area contributed by atoms with E-state index in [0.717, 1.165) is 31.1 Å². The topological polar surface area (TPSA) is 98.3 Å². The summed E-state index contributed by atoms with van der Waals surface area (Å²) in [6.45, 7) is 1.60. The van der Waals surface area contributed by atoms with E-state index in [1.807, 2.05) is 0 Å². The molecule has 14 heteroatoms. The van der Waals surface area contributed by atoms with Crippen LogP contribution in [-0.2, 0) is 11.0 Å². The van der Waals surface area contributed by atoms with Crippen molar-refractivity contribution in [1.29, 1.82) is 0 Å². The fourth-order valence-electron chi connectivity index (χ4n) is 3.97. The molecule has 2 aromatic rings. The fourth-order valence-corrected chi connectivity index (χ4v) is 3.97. The minimum Gasteiger partial charge on any atom is -0.475 e. The molecule has 1 aromatic heterocycles. The Morgan fingerprint density at radius 3 is 2.31 bits per heavy atom. The molecule has 192 valence electrons. The highest BCUT2D eigenvalue weighted by molar-refractivity contribution is 5.92. The number of hydrogen-bond donors (Lipinski definition) is 3. The molecule has 0 aliphatic carbocycles. The van der Waals surface area contributed by atoms with Gasteiger partial charge in [0.25, 0.3) is 5.91 Å². The number of carbonyl (C=O) groups is 2. The zero-order valence-electron chi connectivity index (χ0n) is 18.0. The van der Waals surface area contributed by atoms with Gasteiger partial charge in [-0.2, -0.15) is 31.4 Å². The highest BCUT2D eigenvalue weighted by atomic mass is 19.4. The molecule has 0 saturated carbocycles. The molecule has 0 spiro atoms. The van der Waals surface area contributed by atoms with Gasteiger partial charge >= 0.3 is 18.3 Å². The molecule has 1 aromatic carbocycles. The number of nitrogens with zero attached hydrogens (tertiary/aromatic N) is 2. The molecule has 3 N–H and O–H groups in total. The summed E-state index contributed by atoms with van der Waals surface area (Å²) < 4.78 is 84.1. The lowest BCUT2D eigenvalue weighted by Gasteiger charge is -2.16. The number of benzene rings is 1. The van der Waals surface area contributed by atoms with E-state index in [1.165, 1.54) is 6.07 Å². The van der Waals surface area contributed by atoms with Crippen LogP contribution in [0.4, 0.5) is 30.7 Å². The van der Waals surface area contributed by atoms with Crippen molar-refractivity contribution >= 4 is 11.9 Å². The van der Waals surface area contributed by atoms with Crippen molar-refractivity contribution in [2.75, 3.05) is 19.6 Å². The van der Waals surface area contributed by atoms with E-state index in [-0.39, 0.29) is 30.0 Å². The third kappa shape index (κ3) is 6.50. The Balaban J connectivity index is 0.000000429. The number of aliphatic carboxylic acids is 1. The highest BCUT2D eigenvalue weighted by Gasteiger charge is 2.38. The van der Waals surface area contributed by atoms with Crippen LogP contribution in [0.25, 0.3) is 0 Å². The first-order valence-corrected chi connectivity index (χ1v) is 10.5. The van der Waals surface area contributed by atoms with Gasteiger partial charge in [-0.3, -0.25) is 9.89 Å². The number of hydrogen-bond acceptors (Lipinski definition) is 4. The molecule has 3 heterocycles. The van der Waals surface area contributed by atoms with Gasteiger partial charge in [-0.05, 0) is 49.6 Å². The summed E-state index contributed by atoms with van der Waals surface area (Å²) in [7, 11) is 0. The number of aromatic nitrogens is 2. The molecule has 7 nitrogen and oxygen atoms in total. The van der Waals surface area contributed by atoms with Gasteiger partial charge in [0.15, 0.2) is 0 Å². The number of carbonyl (C=O) groups excluding carboxylic acids is 1. The molecule has 2 unspecified atom stereocenters. The molecule has 2 saturated heterocycles. The Morgan fingerprint density at radius 2 is 1.77 bits per heavy atom. The Morgan fingerprint density at radius 1 is 1.09 bits per heavy atom. The second kappa shape index (κ2) is 10.2. The monoisotopic (exact) mass is 510 g/mol. The lowest BCUT2D eigenvalue weighted by atomic mass is 9.96. The van der Waals surface area contributed by atoms with Crippen molar-refractivity contribution in [2.24, 2.45) is 0 Å². The lowest BCUT2D eigenvalue weighted by molar-refractivity contribution is -0.192. The maximum atomic E-state index is 14.2. The van der Waals surface area contributed by atoms with Gasteiger partial charge < -0.3 is 15.3 Å². The number of amides is 1. The van der Waals surface area contributed by atoms with Crippen molar-refractivity contribution in [2.45, 2.75) is 43.6 Å². The van der Waals surface area contributed by atoms with Gasteiger partial charge in [0.2, 0.25) is 0 Å². The van der Waals surface area contributed by atoms with Crippen molar-refractivity contribution in [3.8, 4) is 0 Å². The third-order valence-corrected chi connectivity index (χ3v) is 5.74. The van der Waals surface area contributed by atoms with E-state index < -0.39 is 29.7 Å². The summed E-state index contributed by atoms with van der Waals surface area (Å²) in [5.74, 6) is -4.23. The quantitative estimate of drug-likeness (QED) is 0.537. The van der Waals surface area contributed by atoms with E-state index in [4.69, 9.17) is 9.90 Å². The third-order valence-electron chi connectivity index (χ3n) is 5.74. The molecule has 4 rings (SSSR count). The number of halogens is 7. The molecule has 2 fully saturated rings. The zero-order chi connectivity index (χ0) is 26.0. The number of rotatable bonds is 3. The summed E-state index contributed by atoms with van der Waals surface area (Å²) in [6, 6.07) is 4.49. The Kier molecular flexibility index (Phi) is 7.72. The van der Waals surface area contributed by atoms with Crippen LogP contribution >= 0.6 is 0 Å². The van der Waals surface area contributed by atoms with E-state index in [9.17, 15) is 35.5 Å². The van der Waals surface area contributed by atoms with Crippen LogP contribution in [0.15, 0.2) is 24.3 Å². The molecule has 2 atom stereocenters. The normalized spacial score (nSPS) is 20.5. The minimum atomic E-state index is -5.08. The van der Waals surface area contributed by atoms with Crippen LogP contribution in [0.2, 0.25) is 0 Å². The van der Waals surface area contributed by atoms with Gasteiger partial charge in [0.1, 0.15) is 11.5 Å². The summed E-state index contributed by atoms with van der Waals surface area (Å²) in [5.41, 5.74) is 0.369. The van der Waals surface area contributed by atoms with Crippen molar-refractivity contribution in [3.63, 3.8) is 0 Å². The van der Waals surface area contributed by atoms with Gasteiger partial charge in [0, 0.05) is 25.0 Å². The number of aromatic amines is 1. The van der Waals surface area contributed by atoms with Crippen LogP contribution in [0.1, 0.15) is 58.5 Å². The second-order valence-corrected chi connectivity index (χ2v) is 8.13. The predicted molar refractivity (Wildman–Crippen MR) is 107 cm³/mol. The van der Waals surface area contributed by atoms with Crippen LogP contribution in [-0.4, -0.2) is 57.9 Å². The van der Waals surface area contributed by atoms with E-state index in [2.05, 4.69) is 15.5 Å². The molecule has 1 amide bonds. The first-order valence-electron chi connectivity index (χ1n) is 10.5. The molecule has 0 bridgehead atoms. The van der Waals surface area contributed by atoms with Crippen LogP contribution in [0.5, 0.6) is 0 Å². The van der Waals surface area contributed by atoms with Crippen molar-refractivity contribution < 1.29 is 45.4 Å². The minimum absolute atomic E-state index is 0.168. The van der Waals surface area contributed by atoms with E-state index in [1.54, 1.807) is 11.0 Å². The predicted octanol–water partition coefficient (Wildman–Crippen LogP) is 4.26. The summed E-state index contributed by atoms with van der Waals surface area (Å²) in [5, 5.41) is 17.5. The standard InChI is InChI=1S/C19H20F4N4O.C2HF3O2/c20-14-8-12(19(21,22)23)3-4-13(14)11-5-7-27(10-11)18(28)17-9-16(25-26-17)15-2-1-6-24-15;3-2(4,5)1(6)7/h3-4,8-9,11,15,24H,1-2,5-7,10H2,(H,25,26);(H,6,7). The summed E-state index contributed by atoms with van der Waals surface area (Å²) in [4.78, 5) is 23.2. The number of carboxylic acid groups (broad SMARTS) is 1. The number of nitrogens with one attached hydrogen (secondary N) is 2. The first-order chi connectivity index (χ1) is 16.3. The Labute approximate surface area is 194 Å². The number of likely N-dealkylation sites (tertiary alicyclic amines) is 1. The summed E-state index contributed by atoms with van der Waals surface area (Å²) in [6.07, 6.45) is -7.12. The fraction of sp³-hybridized carbons (Fsp3) is 0.476. The summed E-state index contributed by atoms with van der Waals surface area (Å²) >= 11 is 0. The molecular weight excluding hydrogens is 489 g/mol. The molecular formula is C21H21F7N4O3. The first kappa shape index (κ1) is 26.4. The van der Waals surface area contributed by atoms with E-state index >= 15 is 0 Å². The van der Waals surface area contributed by atoms with Crippen LogP contribution in [0, 0.1) is 5.82 Å². The van der Waals surface area contributed by atoms with Gasteiger partial charge in [-0.25, -0.2) is 9.18 Å². The average molecular weight is 510 g/mol. The largest absolute Gasteiger partial charge is 0.490 e. The molecule has 2 aliphatic rings. The SMILES string of the molecule is O=C(O)C(F)(F)F.O=C(c1cc(C2CCCN2)[nH]n1)N1CCC(c2ccc(C(F)(F)F)cc2F)C1. The molecule has 0 radical (unpaired) electrons. The molecule has 35 heavy (non-hydrogen) atoms. The number of alkyl halides is 6. The van der Waals surface area contributed by atoms with Gasteiger partial charge in [-0.1, -0.05) is 6.07 Å². The van der Waals surface area contributed by atoms with Crippen LogP contribution < -0.4 is 5.32 Å². The lowest BCUT2D eigenvalue weighted by Crippen LogP contribution is -2.28. The maximum Gasteiger partial charge on any atom is 0.490 e. The van der Waals surface area contributed by atoms with Crippen LogP contribution in [0.3, 0.4) is 0 Å². The zero-order valence-corrected chi connectivity index (χ0v) is 18.0. The van der Waals surface area contributed by atoms with E-state index in [0.29, 0.717) is 24.7 Å². The maximum absolute atomic E-state index is 14.2. The van der Waals surface area contributed by atoms with Gasteiger partial charge in [0.05, 0.1) is 11.3 Å². The van der Waals surface area contributed by atoms with Gasteiger partial charge in [-0.15, -0.1) is 0 Å². The Hall–Kier alpha value is -3.16. The molecule has 2 aliphatic heterocycles. The highest BCUT2D eigenvalue weighted by Crippen LogP contribution is 2.34. The Bertz CT molecular complexity index is 1060. The number of H-pyrrole nitrogens is 1. The smallest absolute Gasteiger partial charge is 0.475 e. The second-order valence-electron chi connectivity index (χ2n) is 8.13. The average Bonchev–Trinajstić information content (AvgIpc) is 3.53. The number of carboxylic acids is 1. The van der Waals surface area contributed by atoms with Crippen molar-refractivity contribution in [3.05, 3.63) is 52.6 Å².